The summed E-state index contributed by atoms with van der Waals surface area (Å²) in [6.45, 7) is 1.87. The third-order valence-corrected chi connectivity index (χ3v) is 2.06. The van der Waals surface area contributed by atoms with Gasteiger partial charge in [0, 0.05) is 12.6 Å². The predicted octanol–water partition coefficient (Wildman–Crippen LogP) is 1.56. The molecule has 5 heteroatoms. The average Bonchev–Trinajstić information content (AvgIpc) is 2.31. The summed E-state index contributed by atoms with van der Waals surface area (Å²) in [5, 5.41) is 0. The van der Waals surface area contributed by atoms with Crippen molar-refractivity contribution in [2.75, 3.05) is 6.54 Å². The molecule has 0 bridgehead atoms. The summed E-state index contributed by atoms with van der Waals surface area (Å²) in [6, 6.07) is -0.265. The fourth-order valence-electron chi connectivity index (χ4n) is 1.40. The van der Waals surface area contributed by atoms with Gasteiger partial charge in [-0.25, -0.2) is 0 Å². The molecular formula is C7H10F3NO. The number of hydrogen-bond donors (Lipinski definition) is 0. The third kappa shape index (κ3) is 1.70. The summed E-state index contributed by atoms with van der Waals surface area (Å²) in [5.41, 5.74) is 0. The Morgan fingerprint density at radius 2 is 2.08 bits per heavy atom. The van der Waals surface area contributed by atoms with E-state index in [0.29, 0.717) is 12.8 Å². The van der Waals surface area contributed by atoms with Gasteiger partial charge in [-0.1, -0.05) is 0 Å². The number of halogens is 3. The van der Waals surface area contributed by atoms with Gasteiger partial charge in [0.2, 0.25) is 0 Å². The Balaban J connectivity index is 2.64. The molecule has 0 aromatic heterocycles. The van der Waals surface area contributed by atoms with E-state index >= 15 is 0 Å². The number of amides is 1. The van der Waals surface area contributed by atoms with Crippen molar-refractivity contribution < 1.29 is 18.0 Å². The minimum atomic E-state index is -4.71. The maximum atomic E-state index is 11.9. The maximum absolute atomic E-state index is 11.9. The van der Waals surface area contributed by atoms with Crippen LogP contribution in [0.2, 0.25) is 0 Å². The van der Waals surface area contributed by atoms with Gasteiger partial charge in [0.25, 0.3) is 0 Å². The lowest BCUT2D eigenvalue weighted by Crippen LogP contribution is -2.42. The van der Waals surface area contributed by atoms with Crippen LogP contribution < -0.4 is 0 Å². The zero-order valence-electron chi connectivity index (χ0n) is 6.69. The van der Waals surface area contributed by atoms with Crippen LogP contribution in [0, 0.1) is 0 Å². The highest BCUT2D eigenvalue weighted by atomic mass is 19.4. The summed E-state index contributed by atoms with van der Waals surface area (Å²) in [7, 11) is 0. The molecule has 0 spiro atoms. The molecule has 0 radical (unpaired) electrons. The Kier molecular flexibility index (Phi) is 2.30. The number of alkyl halides is 3. The SMILES string of the molecule is CC1CCCN1C(=O)C(F)(F)F. The summed E-state index contributed by atoms with van der Waals surface area (Å²) in [6.07, 6.45) is -3.37. The highest BCUT2D eigenvalue weighted by Gasteiger charge is 2.44. The van der Waals surface area contributed by atoms with Crippen LogP contribution in [-0.2, 0) is 4.79 Å². The van der Waals surface area contributed by atoms with Gasteiger partial charge < -0.3 is 4.90 Å². The van der Waals surface area contributed by atoms with E-state index < -0.39 is 12.1 Å². The molecule has 12 heavy (non-hydrogen) atoms. The first-order chi connectivity index (χ1) is 5.43. The minimum absolute atomic E-state index is 0.236. The van der Waals surface area contributed by atoms with Crippen molar-refractivity contribution in [3.8, 4) is 0 Å². The van der Waals surface area contributed by atoms with Crippen LogP contribution in [0.3, 0.4) is 0 Å². The smallest absolute Gasteiger partial charge is 0.332 e. The zero-order valence-corrected chi connectivity index (χ0v) is 6.69. The number of carbonyl (C=O) groups excluding carboxylic acids is 1. The standard InChI is InChI=1S/C7H10F3NO/c1-5-3-2-4-11(5)6(12)7(8,9)10/h5H,2-4H2,1H3. The Labute approximate surface area is 68.3 Å². The maximum Gasteiger partial charge on any atom is 0.471 e. The summed E-state index contributed by atoms with van der Waals surface area (Å²) < 4.78 is 35.6. The van der Waals surface area contributed by atoms with Gasteiger partial charge in [0.05, 0.1) is 0 Å². The lowest BCUT2D eigenvalue weighted by Gasteiger charge is -2.22. The van der Waals surface area contributed by atoms with Gasteiger partial charge >= 0.3 is 12.1 Å². The van der Waals surface area contributed by atoms with Crippen LogP contribution >= 0.6 is 0 Å². The number of rotatable bonds is 0. The highest BCUT2D eigenvalue weighted by Crippen LogP contribution is 2.24. The fraction of sp³-hybridized carbons (Fsp3) is 0.857. The van der Waals surface area contributed by atoms with Crippen LogP contribution in [0.25, 0.3) is 0 Å². The third-order valence-electron chi connectivity index (χ3n) is 2.06. The first-order valence-corrected chi connectivity index (χ1v) is 3.80. The second kappa shape index (κ2) is 2.95. The Morgan fingerprint density at radius 1 is 1.50 bits per heavy atom. The molecule has 1 amide bonds. The first kappa shape index (κ1) is 9.35. The van der Waals surface area contributed by atoms with Crippen LogP contribution in [0.15, 0.2) is 0 Å². The second-order valence-corrected chi connectivity index (χ2v) is 2.99. The van der Waals surface area contributed by atoms with Crippen molar-refractivity contribution in [1.82, 2.24) is 4.90 Å². The van der Waals surface area contributed by atoms with Crippen molar-refractivity contribution >= 4 is 5.91 Å². The quantitative estimate of drug-likeness (QED) is 0.555. The van der Waals surface area contributed by atoms with Crippen LogP contribution in [0.1, 0.15) is 19.8 Å². The van der Waals surface area contributed by atoms with Crippen molar-refractivity contribution in [1.29, 1.82) is 0 Å². The van der Waals surface area contributed by atoms with Crippen LogP contribution in [0.4, 0.5) is 13.2 Å². The average molecular weight is 181 g/mol. The molecule has 1 aliphatic heterocycles. The molecule has 1 unspecified atom stereocenters. The molecule has 1 heterocycles. The van der Waals surface area contributed by atoms with Crippen molar-refractivity contribution in [2.24, 2.45) is 0 Å². The molecule has 1 saturated heterocycles. The normalized spacial score (nSPS) is 24.7. The van der Waals surface area contributed by atoms with E-state index in [4.69, 9.17) is 0 Å². The van der Waals surface area contributed by atoms with Crippen molar-refractivity contribution in [2.45, 2.75) is 32.0 Å². The molecule has 0 N–H and O–H groups in total. The summed E-state index contributed by atoms with van der Waals surface area (Å²) in [4.78, 5) is 11.6. The Hall–Kier alpha value is -0.740. The van der Waals surface area contributed by atoms with E-state index in [1.54, 1.807) is 6.92 Å². The molecule has 1 atom stereocenters. The van der Waals surface area contributed by atoms with Crippen molar-refractivity contribution in [3.63, 3.8) is 0 Å². The van der Waals surface area contributed by atoms with E-state index in [9.17, 15) is 18.0 Å². The van der Waals surface area contributed by atoms with Gasteiger partial charge in [-0.15, -0.1) is 0 Å². The van der Waals surface area contributed by atoms with Gasteiger partial charge in [-0.3, -0.25) is 4.79 Å². The predicted molar refractivity (Wildman–Crippen MR) is 36.5 cm³/mol. The minimum Gasteiger partial charge on any atom is -0.332 e. The van der Waals surface area contributed by atoms with Crippen molar-refractivity contribution in [3.05, 3.63) is 0 Å². The van der Waals surface area contributed by atoms with Crippen LogP contribution in [-0.4, -0.2) is 29.6 Å². The molecule has 0 aromatic carbocycles. The molecule has 70 valence electrons. The molecule has 0 aliphatic carbocycles. The zero-order chi connectivity index (χ0) is 9.35. The first-order valence-electron chi connectivity index (χ1n) is 3.80. The largest absolute Gasteiger partial charge is 0.471 e. The molecular weight excluding hydrogens is 171 g/mol. The topological polar surface area (TPSA) is 20.3 Å². The Morgan fingerprint density at radius 3 is 2.42 bits per heavy atom. The molecule has 1 fully saturated rings. The molecule has 1 aliphatic rings. The number of carbonyl (C=O) groups is 1. The summed E-state index contributed by atoms with van der Waals surface area (Å²) >= 11 is 0. The molecule has 0 saturated carbocycles. The molecule has 1 rings (SSSR count). The number of nitrogens with zero attached hydrogens (tertiary/aromatic N) is 1. The highest BCUT2D eigenvalue weighted by molar-refractivity contribution is 5.82. The fourth-order valence-corrected chi connectivity index (χ4v) is 1.40. The lowest BCUT2D eigenvalue weighted by atomic mass is 10.2. The van der Waals surface area contributed by atoms with E-state index in [2.05, 4.69) is 0 Å². The van der Waals surface area contributed by atoms with E-state index in [-0.39, 0.29) is 12.6 Å². The number of hydrogen-bond acceptors (Lipinski definition) is 1. The summed E-state index contributed by atoms with van der Waals surface area (Å²) in [5.74, 6) is -1.70. The molecule has 2 nitrogen and oxygen atoms in total. The molecule has 0 aromatic rings. The lowest BCUT2D eigenvalue weighted by molar-refractivity contribution is -0.186. The van der Waals surface area contributed by atoms with Gasteiger partial charge in [0.1, 0.15) is 0 Å². The van der Waals surface area contributed by atoms with Gasteiger partial charge in [-0.2, -0.15) is 13.2 Å². The van der Waals surface area contributed by atoms with Crippen LogP contribution in [0.5, 0.6) is 0 Å². The Bertz CT molecular complexity index is 190. The monoisotopic (exact) mass is 181 g/mol. The second-order valence-electron chi connectivity index (χ2n) is 2.99. The van der Waals surface area contributed by atoms with Gasteiger partial charge in [0.15, 0.2) is 0 Å². The van der Waals surface area contributed by atoms with E-state index in [1.165, 1.54) is 0 Å². The van der Waals surface area contributed by atoms with E-state index in [0.717, 1.165) is 4.90 Å². The van der Waals surface area contributed by atoms with Gasteiger partial charge in [-0.05, 0) is 19.8 Å². The number of likely N-dealkylation sites (tertiary alicyclic amines) is 1. The van der Waals surface area contributed by atoms with E-state index in [1.807, 2.05) is 0 Å².